The Morgan fingerprint density at radius 2 is 1.96 bits per heavy atom. The zero-order chi connectivity index (χ0) is 17.4. The number of aliphatic imine (C=N–C) groups is 1. The molecule has 0 saturated carbocycles. The summed E-state index contributed by atoms with van der Waals surface area (Å²) in [5.74, 6) is 1.02. The van der Waals surface area contributed by atoms with E-state index >= 15 is 0 Å². The first-order chi connectivity index (χ1) is 11.5. The van der Waals surface area contributed by atoms with Crippen LogP contribution in [0.5, 0.6) is 0 Å². The van der Waals surface area contributed by atoms with Gasteiger partial charge in [-0.3, -0.25) is 9.89 Å². The zero-order valence-corrected chi connectivity index (χ0v) is 18.4. The summed E-state index contributed by atoms with van der Waals surface area (Å²) in [7, 11) is -3.02. The Morgan fingerprint density at radius 1 is 1.24 bits per heavy atom. The molecule has 0 radical (unpaired) electrons. The van der Waals surface area contributed by atoms with Gasteiger partial charge in [-0.1, -0.05) is 0 Å². The van der Waals surface area contributed by atoms with Gasteiger partial charge < -0.3 is 15.4 Å². The Balaban J connectivity index is 0.00000312. The molecule has 10 heteroatoms. The molecule has 2 fully saturated rings. The predicted molar refractivity (Wildman–Crippen MR) is 111 cm³/mol. The number of rotatable bonds is 7. The lowest BCUT2D eigenvalue weighted by molar-refractivity contribution is 0.0220. The minimum Gasteiger partial charge on any atom is -0.379 e. The molecule has 2 heterocycles. The smallest absolute Gasteiger partial charge is 0.214 e. The summed E-state index contributed by atoms with van der Waals surface area (Å²) in [5.41, 5.74) is 0. The van der Waals surface area contributed by atoms with Gasteiger partial charge in [-0.2, -0.15) is 0 Å². The van der Waals surface area contributed by atoms with Crippen molar-refractivity contribution in [2.75, 3.05) is 64.8 Å². The van der Waals surface area contributed by atoms with Crippen LogP contribution >= 0.6 is 24.0 Å². The SMILES string of the molecule is CCNC(=NCC(C)N1CCOCC1)NCCN1CCCS1(=O)=O.I. The van der Waals surface area contributed by atoms with Crippen LogP contribution in [0.25, 0.3) is 0 Å². The Bertz CT molecular complexity index is 511. The van der Waals surface area contributed by atoms with Gasteiger partial charge in [-0.25, -0.2) is 12.7 Å². The second kappa shape index (κ2) is 11.5. The number of nitrogens with zero attached hydrogens (tertiary/aromatic N) is 3. The van der Waals surface area contributed by atoms with Crippen LogP contribution < -0.4 is 10.6 Å². The molecule has 0 spiro atoms. The minimum absolute atomic E-state index is 0. The molecule has 148 valence electrons. The molecule has 2 N–H and O–H groups in total. The van der Waals surface area contributed by atoms with E-state index in [0.29, 0.717) is 32.2 Å². The maximum atomic E-state index is 11.8. The molecule has 0 aromatic rings. The third-order valence-corrected chi connectivity index (χ3v) is 6.34. The third kappa shape index (κ3) is 7.53. The summed E-state index contributed by atoms with van der Waals surface area (Å²) in [6.45, 7) is 10.8. The van der Waals surface area contributed by atoms with Crippen molar-refractivity contribution >= 4 is 40.0 Å². The number of morpholine rings is 1. The van der Waals surface area contributed by atoms with Gasteiger partial charge in [0.25, 0.3) is 0 Å². The summed E-state index contributed by atoms with van der Waals surface area (Å²) in [4.78, 5) is 7.02. The van der Waals surface area contributed by atoms with Crippen LogP contribution in [0.1, 0.15) is 20.3 Å². The highest BCUT2D eigenvalue weighted by atomic mass is 127. The van der Waals surface area contributed by atoms with E-state index in [1.807, 2.05) is 6.92 Å². The fraction of sp³-hybridized carbons (Fsp3) is 0.933. The highest BCUT2D eigenvalue weighted by Crippen LogP contribution is 2.11. The molecule has 2 saturated heterocycles. The van der Waals surface area contributed by atoms with E-state index in [2.05, 4.69) is 27.4 Å². The fourth-order valence-corrected chi connectivity index (χ4v) is 4.47. The lowest BCUT2D eigenvalue weighted by atomic mass is 10.2. The number of guanidine groups is 1. The lowest BCUT2D eigenvalue weighted by Gasteiger charge is -2.31. The Labute approximate surface area is 168 Å². The summed E-state index contributed by atoms with van der Waals surface area (Å²) in [6, 6.07) is 0.364. The van der Waals surface area contributed by atoms with Crippen LogP contribution in [0, 0.1) is 0 Å². The Hall–Kier alpha value is -0.170. The first-order valence-electron chi connectivity index (χ1n) is 8.84. The van der Waals surface area contributed by atoms with Crippen molar-refractivity contribution in [3.05, 3.63) is 0 Å². The van der Waals surface area contributed by atoms with Crippen LogP contribution in [0.2, 0.25) is 0 Å². The van der Waals surface area contributed by atoms with E-state index in [1.165, 1.54) is 0 Å². The van der Waals surface area contributed by atoms with Crippen LogP contribution in [-0.4, -0.2) is 94.4 Å². The van der Waals surface area contributed by atoms with Crippen LogP contribution in [0.4, 0.5) is 0 Å². The first-order valence-corrected chi connectivity index (χ1v) is 10.5. The van der Waals surface area contributed by atoms with Gasteiger partial charge in [0.05, 0.1) is 25.5 Å². The molecule has 0 aliphatic carbocycles. The largest absolute Gasteiger partial charge is 0.379 e. The molecule has 2 rings (SSSR count). The quantitative estimate of drug-likeness (QED) is 0.296. The average molecular weight is 489 g/mol. The van der Waals surface area contributed by atoms with E-state index in [9.17, 15) is 8.42 Å². The van der Waals surface area contributed by atoms with Gasteiger partial charge in [0.15, 0.2) is 5.96 Å². The molecular weight excluding hydrogens is 457 g/mol. The topological polar surface area (TPSA) is 86.3 Å². The van der Waals surface area contributed by atoms with Crippen molar-refractivity contribution in [3.8, 4) is 0 Å². The predicted octanol–water partition coefficient (Wildman–Crippen LogP) is -0.0843. The van der Waals surface area contributed by atoms with E-state index in [4.69, 9.17) is 4.74 Å². The standard InChI is InChI=1S/C15H31N5O3S.HI/c1-3-16-15(17-5-7-20-6-4-12-24(20,21)22)18-13-14(2)19-8-10-23-11-9-19;/h14H,3-13H2,1-2H3,(H2,16,17,18);1H. The van der Waals surface area contributed by atoms with Gasteiger partial charge in [-0.05, 0) is 20.3 Å². The fourth-order valence-electron chi connectivity index (χ4n) is 2.94. The van der Waals surface area contributed by atoms with E-state index < -0.39 is 10.0 Å². The molecule has 0 aromatic heterocycles. The molecule has 0 amide bonds. The third-order valence-electron chi connectivity index (χ3n) is 4.38. The van der Waals surface area contributed by atoms with Crippen molar-refractivity contribution in [1.82, 2.24) is 19.8 Å². The van der Waals surface area contributed by atoms with Crippen LogP contribution in [0.15, 0.2) is 4.99 Å². The molecule has 0 aromatic carbocycles. The van der Waals surface area contributed by atoms with Gasteiger partial charge >= 0.3 is 0 Å². The Morgan fingerprint density at radius 3 is 2.56 bits per heavy atom. The molecule has 0 bridgehead atoms. The first kappa shape index (κ1) is 22.9. The van der Waals surface area contributed by atoms with Crippen molar-refractivity contribution in [2.45, 2.75) is 26.3 Å². The summed E-state index contributed by atoms with van der Waals surface area (Å²) in [6.07, 6.45) is 0.730. The van der Waals surface area contributed by atoms with Gasteiger partial charge in [0.1, 0.15) is 0 Å². The van der Waals surface area contributed by atoms with Crippen molar-refractivity contribution < 1.29 is 13.2 Å². The van der Waals surface area contributed by atoms with Crippen molar-refractivity contribution in [2.24, 2.45) is 4.99 Å². The van der Waals surface area contributed by atoms with E-state index in [0.717, 1.165) is 45.2 Å². The summed E-state index contributed by atoms with van der Waals surface area (Å²) in [5, 5.41) is 6.45. The van der Waals surface area contributed by atoms with E-state index in [-0.39, 0.29) is 29.7 Å². The van der Waals surface area contributed by atoms with E-state index in [1.54, 1.807) is 4.31 Å². The normalized spacial score (nSPS) is 23.0. The van der Waals surface area contributed by atoms with Gasteiger partial charge in [-0.15, -0.1) is 24.0 Å². The molecule has 1 unspecified atom stereocenters. The number of hydrogen-bond acceptors (Lipinski definition) is 5. The summed E-state index contributed by atoms with van der Waals surface area (Å²) >= 11 is 0. The molecule has 8 nitrogen and oxygen atoms in total. The lowest BCUT2D eigenvalue weighted by Crippen LogP contribution is -2.45. The molecule has 2 aliphatic rings. The van der Waals surface area contributed by atoms with Crippen LogP contribution in [-0.2, 0) is 14.8 Å². The molecule has 25 heavy (non-hydrogen) atoms. The average Bonchev–Trinajstić information content (AvgIpc) is 2.91. The number of hydrogen-bond donors (Lipinski definition) is 2. The zero-order valence-electron chi connectivity index (χ0n) is 15.2. The minimum atomic E-state index is -3.02. The van der Waals surface area contributed by atoms with Gasteiger partial charge in [0, 0.05) is 45.3 Å². The second-order valence-electron chi connectivity index (χ2n) is 6.21. The maximum Gasteiger partial charge on any atom is 0.214 e. The highest BCUT2D eigenvalue weighted by Gasteiger charge is 2.27. The highest BCUT2D eigenvalue weighted by molar-refractivity contribution is 14.0. The van der Waals surface area contributed by atoms with Crippen molar-refractivity contribution in [1.29, 1.82) is 0 Å². The molecule has 1 atom stereocenters. The number of nitrogens with one attached hydrogen (secondary N) is 2. The second-order valence-corrected chi connectivity index (χ2v) is 8.30. The molecule has 2 aliphatic heterocycles. The number of halogens is 1. The summed E-state index contributed by atoms with van der Waals surface area (Å²) < 4.78 is 30.5. The van der Waals surface area contributed by atoms with Crippen LogP contribution in [0.3, 0.4) is 0 Å². The molecular formula is C15H32IN5O3S. The number of sulfonamides is 1. The monoisotopic (exact) mass is 489 g/mol. The number of ether oxygens (including phenoxy) is 1. The van der Waals surface area contributed by atoms with Crippen molar-refractivity contribution in [3.63, 3.8) is 0 Å². The maximum absolute atomic E-state index is 11.8. The Kier molecular flexibility index (Phi) is 10.5. The van der Waals surface area contributed by atoms with Gasteiger partial charge in [0.2, 0.25) is 10.0 Å².